The number of benzene rings is 1. The van der Waals surface area contributed by atoms with Crippen LogP contribution in [0, 0.1) is 20.8 Å². The first kappa shape index (κ1) is 13.2. The molecule has 0 aliphatic heterocycles. The second kappa shape index (κ2) is 4.77. The molecule has 0 aliphatic carbocycles. The molecule has 0 saturated heterocycles. The van der Waals surface area contributed by atoms with Crippen LogP contribution in [0.15, 0.2) is 18.2 Å². The fourth-order valence-corrected chi connectivity index (χ4v) is 2.76. The van der Waals surface area contributed by atoms with E-state index in [-0.39, 0.29) is 0 Å². The Hall–Kier alpha value is -1.28. The first-order valence-electron chi connectivity index (χ1n) is 6.24. The van der Waals surface area contributed by atoms with Gasteiger partial charge in [0.25, 0.3) is 0 Å². The van der Waals surface area contributed by atoms with E-state index < -0.39 is 0 Å². The van der Waals surface area contributed by atoms with Crippen LogP contribution in [0.3, 0.4) is 0 Å². The van der Waals surface area contributed by atoms with E-state index in [4.69, 9.17) is 11.6 Å². The molecule has 0 radical (unpaired) electrons. The summed E-state index contributed by atoms with van der Waals surface area (Å²) in [6.07, 6.45) is 0. The van der Waals surface area contributed by atoms with Crippen LogP contribution in [0.4, 0.5) is 0 Å². The van der Waals surface area contributed by atoms with Gasteiger partial charge in [-0.1, -0.05) is 37.6 Å². The van der Waals surface area contributed by atoms with E-state index in [1.165, 1.54) is 11.1 Å². The maximum Gasteiger partial charge on any atom is 0.136 e. The van der Waals surface area contributed by atoms with Crippen molar-refractivity contribution in [3.8, 4) is 5.69 Å². The number of hydrogen-bond donors (Lipinski definition) is 0. The van der Waals surface area contributed by atoms with E-state index in [9.17, 15) is 0 Å². The average Bonchev–Trinajstić information content (AvgIpc) is 2.57. The summed E-state index contributed by atoms with van der Waals surface area (Å²) in [6, 6.07) is 6.33. The molecule has 0 fully saturated rings. The Balaban J connectivity index is 2.65. The van der Waals surface area contributed by atoms with Crippen molar-refractivity contribution in [2.45, 2.75) is 40.5 Å². The molecular weight excluding hydrogens is 244 g/mol. The molecule has 18 heavy (non-hydrogen) atoms. The molecule has 0 spiro atoms. The van der Waals surface area contributed by atoms with Crippen molar-refractivity contribution in [1.82, 2.24) is 9.78 Å². The molecule has 1 heterocycles. The molecule has 1 aromatic heterocycles. The van der Waals surface area contributed by atoms with Gasteiger partial charge in [-0.15, -0.1) is 0 Å². The third-order valence-electron chi connectivity index (χ3n) is 3.22. The number of hydrogen-bond acceptors (Lipinski definition) is 1. The van der Waals surface area contributed by atoms with E-state index >= 15 is 0 Å². The first-order valence-corrected chi connectivity index (χ1v) is 6.62. The van der Waals surface area contributed by atoms with E-state index in [2.05, 4.69) is 51.0 Å². The largest absolute Gasteiger partial charge is 0.221 e. The van der Waals surface area contributed by atoms with E-state index in [1.807, 2.05) is 11.6 Å². The van der Waals surface area contributed by atoms with Crippen LogP contribution < -0.4 is 0 Å². The molecule has 3 heteroatoms. The summed E-state index contributed by atoms with van der Waals surface area (Å²) in [5.74, 6) is 0.386. The Morgan fingerprint density at radius 1 is 1.17 bits per heavy atom. The van der Waals surface area contributed by atoms with Crippen molar-refractivity contribution < 1.29 is 0 Å². The summed E-state index contributed by atoms with van der Waals surface area (Å²) in [4.78, 5) is 0. The lowest BCUT2D eigenvalue weighted by Gasteiger charge is -2.09. The van der Waals surface area contributed by atoms with Gasteiger partial charge in [-0.2, -0.15) is 5.10 Å². The van der Waals surface area contributed by atoms with Crippen LogP contribution in [-0.4, -0.2) is 9.78 Å². The van der Waals surface area contributed by atoms with Crippen LogP contribution in [0.2, 0.25) is 5.15 Å². The molecular formula is C15H19ClN2. The Labute approximate surface area is 114 Å². The van der Waals surface area contributed by atoms with Crippen molar-refractivity contribution >= 4 is 11.6 Å². The van der Waals surface area contributed by atoms with Gasteiger partial charge in [0.1, 0.15) is 5.15 Å². The second-order valence-electron chi connectivity index (χ2n) is 5.15. The fraction of sp³-hybridized carbons (Fsp3) is 0.400. The van der Waals surface area contributed by atoms with Gasteiger partial charge in [0.2, 0.25) is 0 Å². The van der Waals surface area contributed by atoms with Crippen LogP contribution in [-0.2, 0) is 0 Å². The molecule has 2 nitrogen and oxygen atoms in total. The summed E-state index contributed by atoms with van der Waals surface area (Å²) in [6.45, 7) is 10.5. The van der Waals surface area contributed by atoms with Gasteiger partial charge in [0, 0.05) is 5.56 Å². The van der Waals surface area contributed by atoms with Crippen LogP contribution in [0.1, 0.15) is 42.1 Å². The van der Waals surface area contributed by atoms with Gasteiger partial charge in [-0.3, -0.25) is 0 Å². The Kier molecular flexibility index (Phi) is 3.49. The van der Waals surface area contributed by atoms with Crippen molar-refractivity contribution in [3.05, 3.63) is 45.7 Å². The highest BCUT2D eigenvalue weighted by atomic mass is 35.5. The second-order valence-corrected chi connectivity index (χ2v) is 5.50. The molecule has 0 atom stereocenters. The predicted molar refractivity (Wildman–Crippen MR) is 76.9 cm³/mol. The minimum absolute atomic E-state index is 0.386. The number of aryl methyl sites for hydroxylation is 3. The zero-order chi connectivity index (χ0) is 13.4. The molecule has 1 aromatic carbocycles. The predicted octanol–water partition coefficient (Wildman–Crippen LogP) is 4.57. The third kappa shape index (κ3) is 2.17. The normalized spacial score (nSPS) is 11.3. The minimum atomic E-state index is 0.386. The van der Waals surface area contributed by atoms with Crippen molar-refractivity contribution in [3.63, 3.8) is 0 Å². The molecule has 0 amide bonds. The van der Waals surface area contributed by atoms with Crippen molar-refractivity contribution in [1.29, 1.82) is 0 Å². The van der Waals surface area contributed by atoms with Gasteiger partial charge >= 0.3 is 0 Å². The van der Waals surface area contributed by atoms with E-state index in [1.54, 1.807) is 0 Å². The third-order valence-corrected chi connectivity index (χ3v) is 3.58. The molecule has 0 bridgehead atoms. The zero-order valence-corrected chi connectivity index (χ0v) is 12.3. The summed E-state index contributed by atoms with van der Waals surface area (Å²) in [5, 5.41) is 5.32. The van der Waals surface area contributed by atoms with E-state index in [0.29, 0.717) is 5.92 Å². The zero-order valence-electron chi connectivity index (χ0n) is 11.6. The average molecular weight is 263 g/mol. The molecule has 0 N–H and O–H groups in total. The first-order chi connectivity index (χ1) is 8.41. The number of halogens is 1. The lowest BCUT2D eigenvalue weighted by Crippen LogP contribution is -2.00. The quantitative estimate of drug-likeness (QED) is 0.775. The standard InChI is InChI=1S/C15H19ClN2/c1-9(2)14-12(5)17-18(15(14)16)13-8-10(3)6-7-11(13)4/h6-9H,1-5H3. The smallest absolute Gasteiger partial charge is 0.136 e. The maximum atomic E-state index is 6.48. The minimum Gasteiger partial charge on any atom is -0.221 e. The van der Waals surface area contributed by atoms with Crippen molar-refractivity contribution in [2.24, 2.45) is 0 Å². The molecule has 2 aromatic rings. The Morgan fingerprint density at radius 2 is 1.83 bits per heavy atom. The number of aromatic nitrogens is 2. The van der Waals surface area contributed by atoms with Crippen molar-refractivity contribution in [2.75, 3.05) is 0 Å². The topological polar surface area (TPSA) is 17.8 Å². The molecule has 0 unspecified atom stereocenters. The molecule has 96 valence electrons. The molecule has 0 aliphatic rings. The lowest BCUT2D eigenvalue weighted by molar-refractivity contribution is 0.855. The Morgan fingerprint density at radius 3 is 2.39 bits per heavy atom. The van der Waals surface area contributed by atoms with Crippen LogP contribution in [0.25, 0.3) is 5.69 Å². The summed E-state index contributed by atoms with van der Waals surface area (Å²) >= 11 is 6.48. The maximum absolute atomic E-state index is 6.48. The van der Waals surface area contributed by atoms with Gasteiger partial charge in [0.05, 0.1) is 11.4 Å². The van der Waals surface area contributed by atoms with Gasteiger partial charge in [-0.05, 0) is 43.9 Å². The summed E-state index contributed by atoms with van der Waals surface area (Å²) in [7, 11) is 0. The number of rotatable bonds is 2. The van der Waals surface area contributed by atoms with Gasteiger partial charge < -0.3 is 0 Å². The highest BCUT2D eigenvalue weighted by molar-refractivity contribution is 6.30. The van der Waals surface area contributed by atoms with E-state index in [0.717, 1.165) is 22.1 Å². The van der Waals surface area contributed by atoms with Crippen LogP contribution >= 0.6 is 11.6 Å². The highest BCUT2D eigenvalue weighted by Gasteiger charge is 2.17. The monoisotopic (exact) mass is 262 g/mol. The van der Waals surface area contributed by atoms with Crippen LogP contribution in [0.5, 0.6) is 0 Å². The van der Waals surface area contributed by atoms with Gasteiger partial charge in [0.15, 0.2) is 0 Å². The SMILES string of the molecule is Cc1ccc(C)c(-n2nc(C)c(C(C)C)c2Cl)c1. The summed E-state index contributed by atoms with van der Waals surface area (Å²) < 4.78 is 1.86. The lowest BCUT2D eigenvalue weighted by atomic mass is 10.1. The summed E-state index contributed by atoms with van der Waals surface area (Å²) in [5.41, 5.74) is 5.61. The molecule has 0 saturated carbocycles. The van der Waals surface area contributed by atoms with Gasteiger partial charge in [-0.25, -0.2) is 4.68 Å². The Bertz CT molecular complexity index is 582. The number of nitrogens with zero attached hydrogens (tertiary/aromatic N) is 2. The highest BCUT2D eigenvalue weighted by Crippen LogP contribution is 2.30. The molecule has 2 rings (SSSR count). The fourth-order valence-electron chi connectivity index (χ4n) is 2.27.